The predicted molar refractivity (Wildman–Crippen MR) is 64.9 cm³/mol. The summed E-state index contributed by atoms with van der Waals surface area (Å²) in [5, 5.41) is 9.56. The van der Waals surface area contributed by atoms with Crippen LogP contribution in [-0.4, -0.2) is 44.7 Å². The van der Waals surface area contributed by atoms with Gasteiger partial charge in [-0.25, -0.2) is 4.79 Å². The van der Waals surface area contributed by atoms with Crippen molar-refractivity contribution in [1.82, 2.24) is 5.32 Å². The lowest BCUT2D eigenvalue weighted by molar-refractivity contribution is 0.103. The Morgan fingerprint density at radius 3 is 2.61 bits per heavy atom. The van der Waals surface area contributed by atoms with Crippen molar-refractivity contribution < 1.29 is 24.1 Å². The molecule has 1 atom stereocenters. The van der Waals surface area contributed by atoms with E-state index in [1.165, 1.54) is 0 Å². The summed E-state index contributed by atoms with van der Waals surface area (Å²) in [5.74, 6) is 1.31. The van der Waals surface area contributed by atoms with Crippen molar-refractivity contribution in [2.45, 2.75) is 6.10 Å². The highest BCUT2D eigenvalue weighted by molar-refractivity contribution is 5.69. The van der Waals surface area contributed by atoms with E-state index in [2.05, 4.69) is 5.32 Å². The van der Waals surface area contributed by atoms with Crippen LogP contribution in [0.25, 0.3) is 0 Å². The number of aliphatic hydroxyl groups excluding tert-OH is 1. The van der Waals surface area contributed by atoms with Crippen LogP contribution >= 0.6 is 0 Å². The van der Waals surface area contributed by atoms with Gasteiger partial charge in [0.15, 0.2) is 17.6 Å². The number of hydrogen-bond acceptors (Lipinski definition) is 5. The van der Waals surface area contributed by atoms with Crippen molar-refractivity contribution in [3.8, 4) is 11.5 Å². The van der Waals surface area contributed by atoms with Crippen LogP contribution in [0, 0.1) is 0 Å². The van der Waals surface area contributed by atoms with Gasteiger partial charge in [-0.05, 0) is 12.1 Å². The molecule has 1 aromatic carbocycles. The number of cyclic esters (lactones) is 1. The van der Waals surface area contributed by atoms with Crippen molar-refractivity contribution in [3.05, 3.63) is 24.3 Å². The Balaban J connectivity index is 0.000000771. The Kier molecular flexibility index (Phi) is 5.79. The van der Waals surface area contributed by atoms with Gasteiger partial charge in [0.2, 0.25) is 0 Å². The molecule has 100 valence electrons. The van der Waals surface area contributed by atoms with E-state index in [9.17, 15) is 4.79 Å². The fraction of sp³-hybridized carbons (Fsp3) is 0.417. The molecule has 1 aliphatic rings. The van der Waals surface area contributed by atoms with Gasteiger partial charge in [0, 0.05) is 7.11 Å². The molecule has 1 saturated heterocycles. The molecule has 1 unspecified atom stereocenters. The fourth-order valence-corrected chi connectivity index (χ4v) is 1.45. The SMILES string of the molecule is CO.COc1ccccc1OCC1CNC(=O)O1. The summed E-state index contributed by atoms with van der Waals surface area (Å²) in [6.07, 6.45) is -0.633. The van der Waals surface area contributed by atoms with Crippen molar-refractivity contribution >= 4 is 6.09 Å². The first kappa shape index (κ1) is 14.1. The van der Waals surface area contributed by atoms with Crippen LogP contribution in [0.4, 0.5) is 4.79 Å². The summed E-state index contributed by atoms with van der Waals surface area (Å²) in [6, 6.07) is 7.34. The third-order valence-electron chi connectivity index (χ3n) is 2.24. The summed E-state index contributed by atoms with van der Waals surface area (Å²) < 4.78 is 15.6. The van der Waals surface area contributed by atoms with E-state index in [0.29, 0.717) is 24.7 Å². The fourth-order valence-electron chi connectivity index (χ4n) is 1.45. The molecular weight excluding hydrogens is 238 g/mol. The summed E-state index contributed by atoms with van der Waals surface area (Å²) >= 11 is 0. The Labute approximate surface area is 105 Å². The van der Waals surface area contributed by atoms with E-state index in [4.69, 9.17) is 19.3 Å². The smallest absolute Gasteiger partial charge is 0.407 e. The first-order chi connectivity index (χ1) is 8.79. The lowest BCUT2D eigenvalue weighted by Gasteiger charge is -2.12. The molecule has 1 fully saturated rings. The zero-order valence-corrected chi connectivity index (χ0v) is 10.4. The van der Waals surface area contributed by atoms with E-state index < -0.39 is 6.09 Å². The van der Waals surface area contributed by atoms with Crippen LogP contribution < -0.4 is 14.8 Å². The minimum Gasteiger partial charge on any atom is -0.493 e. The van der Waals surface area contributed by atoms with Gasteiger partial charge in [0.1, 0.15) is 6.61 Å². The Morgan fingerprint density at radius 1 is 1.39 bits per heavy atom. The number of rotatable bonds is 4. The van der Waals surface area contributed by atoms with Gasteiger partial charge in [0.25, 0.3) is 0 Å². The monoisotopic (exact) mass is 255 g/mol. The van der Waals surface area contributed by atoms with Crippen molar-refractivity contribution in [2.75, 3.05) is 27.4 Å². The molecule has 0 bridgehead atoms. The number of carbonyl (C=O) groups excluding carboxylic acids is 1. The minimum atomic E-state index is -0.395. The van der Waals surface area contributed by atoms with Crippen LogP contribution in [0.15, 0.2) is 24.3 Å². The molecule has 18 heavy (non-hydrogen) atoms. The molecule has 0 saturated carbocycles. The summed E-state index contributed by atoms with van der Waals surface area (Å²) in [5.41, 5.74) is 0. The number of carbonyl (C=O) groups is 1. The van der Waals surface area contributed by atoms with E-state index in [1.807, 2.05) is 24.3 Å². The molecule has 2 N–H and O–H groups in total. The van der Waals surface area contributed by atoms with Crippen LogP contribution in [-0.2, 0) is 4.74 Å². The highest BCUT2D eigenvalue weighted by Crippen LogP contribution is 2.26. The molecule has 0 spiro atoms. The number of alkyl carbamates (subject to hydrolysis) is 1. The van der Waals surface area contributed by atoms with Gasteiger partial charge in [-0.3, -0.25) is 0 Å². The van der Waals surface area contributed by atoms with Crippen LogP contribution in [0.5, 0.6) is 11.5 Å². The number of amides is 1. The molecule has 0 radical (unpaired) electrons. The summed E-state index contributed by atoms with van der Waals surface area (Å²) in [4.78, 5) is 10.8. The first-order valence-electron chi connectivity index (χ1n) is 5.44. The maximum atomic E-state index is 10.8. The van der Waals surface area contributed by atoms with Crippen molar-refractivity contribution in [2.24, 2.45) is 0 Å². The van der Waals surface area contributed by atoms with E-state index >= 15 is 0 Å². The Hall–Kier alpha value is -1.95. The van der Waals surface area contributed by atoms with Gasteiger partial charge < -0.3 is 24.6 Å². The van der Waals surface area contributed by atoms with Gasteiger partial charge in [-0.2, -0.15) is 0 Å². The lowest BCUT2D eigenvalue weighted by Crippen LogP contribution is -2.22. The molecule has 0 aliphatic carbocycles. The second kappa shape index (κ2) is 7.39. The van der Waals surface area contributed by atoms with Gasteiger partial charge in [0.05, 0.1) is 13.7 Å². The van der Waals surface area contributed by atoms with Crippen LogP contribution in [0.3, 0.4) is 0 Å². The second-order valence-corrected chi connectivity index (χ2v) is 3.37. The third-order valence-corrected chi connectivity index (χ3v) is 2.24. The van der Waals surface area contributed by atoms with Gasteiger partial charge in [-0.1, -0.05) is 12.1 Å². The number of benzene rings is 1. The average molecular weight is 255 g/mol. The van der Waals surface area contributed by atoms with Crippen LogP contribution in [0.2, 0.25) is 0 Å². The maximum Gasteiger partial charge on any atom is 0.407 e. The molecule has 6 heteroatoms. The normalized spacial score (nSPS) is 17.1. The number of hydrogen-bond donors (Lipinski definition) is 2. The molecule has 1 aromatic rings. The zero-order valence-electron chi connectivity index (χ0n) is 10.4. The highest BCUT2D eigenvalue weighted by atomic mass is 16.6. The van der Waals surface area contributed by atoms with Crippen molar-refractivity contribution in [3.63, 3.8) is 0 Å². The average Bonchev–Trinajstić information content (AvgIpc) is 2.85. The summed E-state index contributed by atoms with van der Waals surface area (Å²) in [7, 11) is 2.58. The number of methoxy groups -OCH3 is 1. The molecule has 2 rings (SSSR count). The zero-order chi connectivity index (χ0) is 13.4. The molecule has 1 heterocycles. The standard InChI is InChI=1S/C11H13NO4.CH4O/c1-14-9-4-2-3-5-10(9)15-7-8-6-12-11(13)16-8;1-2/h2-5,8H,6-7H2,1H3,(H,12,13);2H,1H3. The van der Waals surface area contributed by atoms with E-state index in [1.54, 1.807) is 7.11 Å². The summed E-state index contributed by atoms with van der Waals surface area (Å²) in [6.45, 7) is 0.799. The van der Waals surface area contributed by atoms with E-state index in [0.717, 1.165) is 7.11 Å². The number of para-hydroxylation sites is 2. The third kappa shape index (κ3) is 3.81. The second-order valence-electron chi connectivity index (χ2n) is 3.37. The van der Waals surface area contributed by atoms with Crippen LogP contribution in [0.1, 0.15) is 0 Å². The van der Waals surface area contributed by atoms with E-state index in [-0.39, 0.29) is 6.10 Å². The minimum absolute atomic E-state index is 0.239. The molecule has 1 amide bonds. The molecular formula is C12H17NO5. The largest absolute Gasteiger partial charge is 0.493 e. The Bertz CT molecular complexity index is 382. The quantitative estimate of drug-likeness (QED) is 0.831. The number of aliphatic hydroxyl groups is 1. The highest BCUT2D eigenvalue weighted by Gasteiger charge is 2.23. The van der Waals surface area contributed by atoms with Gasteiger partial charge >= 0.3 is 6.09 Å². The van der Waals surface area contributed by atoms with Gasteiger partial charge in [-0.15, -0.1) is 0 Å². The molecule has 0 aromatic heterocycles. The lowest BCUT2D eigenvalue weighted by atomic mass is 10.3. The maximum absolute atomic E-state index is 10.8. The molecule has 1 aliphatic heterocycles. The molecule has 6 nitrogen and oxygen atoms in total. The topological polar surface area (TPSA) is 77.0 Å². The Morgan fingerprint density at radius 2 is 2.06 bits per heavy atom. The number of ether oxygens (including phenoxy) is 3. The predicted octanol–water partition coefficient (Wildman–Crippen LogP) is 0.791. The number of nitrogens with one attached hydrogen (secondary N) is 1. The first-order valence-corrected chi connectivity index (χ1v) is 5.44. The van der Waals surface area contributed by atoms with Crippen molar-refractivity contribution in [1.29, 1.82) is 0 Å².